The monoisotopic (exact) mass is 292 g/mol. The van der Waals surface area contributed by atoms with Crippen molar-refractivity contribution in [2.45, 2.75) is 45.2 Å². The van der Waals surface area contributed by atoms with Crippen LogP contribution in [0.1, 0.15) is 32.3 Å². The highest BCUT2D eigenvalue weighted by atomic mass is 16.4. The van der Waals surface area contributed by atoms with E-state index in [1.165, 1.54) is 0 Å². The Bertz CT molecular complexity index is 460. The number of nitrogens with zero attached hydrogens (tertiary/aromatic N) is 1. The summed E-state index contributed by atoms with van der Waals surface area (Å²) in [7, 11) is 1.73. The van der Waals surface area contributed by atoms with Gasteiger partial charge >= 0.3 is 12.0 Å². The molecule has 0 radical (unpaired) electrons. The van der Waals surface area contributed by atoms with Crippen LogP contribution in [0.3, 0.4) is 0 Å². The first-order valence-corrected chi connectivity index (χ1v) is 7.19. The molecule has 5 heteroatoms. The summed E-state index contributed by atoms with van der Waals surface area (Å²) in [6.07, 6.45) is 1.09. The maximum Gasteiger partial charge on any atom is 0.317 e. The molecule has 0 saturated carbocycles. The minimum atomic E-state index is -0.848. The second-order valence-corrected chi connectivity index (χ2v) is 5.47. The number of benzene rings is 1. The summed E-state index contributed by atoms with van der Waals surface area (Å²) < 4.78 is 0. The first-order valence-electron chi connectivity index (χ1n) is 7.19. The third kappa shape index (κ3) is 6.29. The predicted octanol–water partition coefficient (Wildman–Crippen LogP) is 2.51. The Balaban J connectivity index is 2.68. The van der Waals surface area contributed by atoms with Crippen LogP contribution in [0.15, 0.2) is 30.3 Å². The summed E-state index contributed by atoms with van der Waals surface area (Å²) in [6.45, 7) is 3.87. The van der Waals surface area contributed by atoms with Crippen molar-refractivity contribution in [2.24, 2.45) is 0 Å². The van der Waals surface area contributed by atoms with Gasteiger partial charge < -0.3 is 15.3 Å². The molecule has 0 aliphatic carbocycles. The van der Waals surface area contributed by atoms with Crippen molar-refractivity contribution in [1.29, 1.82) is 0 Å². The Hall–Kier alpha value is -2.04. The molecule has 2 N–H and O–H groups in total. The largest absolute Gasteiger partial charge is 0.481 e. The fourth-order valence-corrected chi connectivity index (χ4v) is 1.93. The van der Waals surface area contributed by atoms with Crippen molar-refractivity contribution >= 4 is 12.0 Å². The summed E-state index contributed by atoms with van der Waals surface area (Å²) in [5.41, 5.74) is 1.08. The molecular weight excluding hydrogens is 268 g/mol. The van der Waals surface area contributed by atoms with E-state index < -0.39 is 5.97 Å². The summed E-state index contributed by atoms with van der Waals surface area (Å²) in [5, 5.41) is 11.8. The first kappa shape index (κ1) is 17.0. The Labute approximate surface area is 126 Å². The number of hydrogen-bond acceptors (Lipinski definition) is 2. The van der Waals surface area contributed by atoms with E-state index in [4.69, 9.17) is 5.11 Å². The molecule has 0 spiro atoms. The van der Waals surface area contributed by atoms with E-state index in [1.54, 1.807) is 11.9 Å². The topological polar surface area (TPSA) is 69.6 Å². The molecule has 0 saturated heterocycles. The average molecular weight is 292 g/mol. The fraction of sp³-hybridized carbons (Fsp3) is 0.500. The van der Waals surface area contributed by atoms with E-state index >= 15 is 0 Å². The maximum atomic E-state index is 12.1. The lowest BCUT2D eigenvalue weighted by molar-refractivity contribution is -0.137. The van der Waals surface area contributed by atoms with Gasteiger partial charge in [0.2, 0.25) is 0 Å². The molecule has 0 fully saturated rings. The second kappa shape index (κ2) is 8.29. The number of hydrogen-bond donors (Lipinski definition) is 2. The van der Waals surface area contributed by atoms with Crippen LogP contribution in [0.25, 0.3) is 0 Å². The number of carboxylic acids is 1. The van der Waals surface area contributed by atoms with Crippen LogP contribution >= 0.6 is 0 Å². The van der Waals surface area contributed by atoms with Gasteiger partial charge in [-0.2, -0.15) is 0 Å². The Morgan fingerprint density at radius 3 is 2.38 bits per heavy atom. The van der Waals surface area contributed by atoms with Gasteiger partial charge in [-0.05, 0) is 32.3 Å². The molecular formula is C16H24N2O3. The van der Waals surface area contributed by atoms with Gasteiger partial charge in [0.25, 0.3) is 0 Å². The van der Waals surface area contributed by atoms with E-state index in [-0.39, 0.29) is 24.5 Å². The lowest BCUT2D eigenvalue weighted by Gasteiger charge is -2.26. The second-order valence-electron chi connectivity index (χ2n) is 5.47. The molecule has 5 nitrogen and oxygen atoms in total. The molecule has 21 heavy (non-hydrogen) atoms. The van der Waals surface area contributed by atoms with Gasteiger partial charge in [0.05, 0.1) is 0 Å². The number of amides is 2. The van der Waals surface area contributed by atoms with Crippen molar-refractivity contribution in [3.63, 3.8) is 0 Å². The molecule has 1 rings (SSSR count). The van der Waals surface area contributed by atoms with Crippen LogP contribution < -0.4 is 5.32 Å². The molecule has 1 aromatic carbocycles. The molecule has 1 atom stereocenters. The van der Waals surface area contributed by atoms with Crippen LogP contribution in [0.4, 0.5) is 4.79 Å². The minimum Gasteiger partial charge on any atom is -0.481 e. The van der Waals surface area contributed by atoms with Crippen LogP contribution in [-0.2, 0) is 11.2 Å². The molecule has 0 bridgehead atoms. The Kier molecular flexibility index (Phi) is 6.72. The van der Waals surface area contributed by atoms with Crippen molar-refractivity contribution < 1.29 is 14.7 Å². The molecule has 1 unspecified atom stereocenters. The molecule has 0 aliphatic heterocycles. The summed E-state index contributed by atoms with van der Waals surface area (Å²) in [6, 6.07) is 9.51. The predicted molar refractivity (Wildman–Crippen MR) is 82.2 cm³/mol. The molecule has 2 amide bonds. The zero-order valence-electron chi connectivity index (χ0n) is 12.9. The fourth-order valence-electron chi connectivity index (χ4n) is 1.93. The summed E-state index contributed by atoms with van der Waals surface area (Å²) in [4.78, 5) is 24.5. The third-order valence-electron chi connectivity index (χ3n) is 3.45. The third-order valence-corrected chi connectivity index (χ3v) is 3.45. The van der Waals surface area contributed by atoms with Crippen molar-refractivity contribution in [1.82, 2.24) is 10.2 Å². The highest BCUT2D eigenvalue weighted by molar-refractivity contribution is 5.74. The molecule has 0 aromatic heterocycles. The van der Waals surface area contributed by atoms with Gasteiger partial charge in [-0.3, -0.25) is 4.79 Å². The molecule has 1 aromatic rings. The van der Waals surface area contributed by atoms with Crippen LogP contribution in [0.5, 0.6) is 0 Å². The number of carbonyl (C=O) groups excluding carboxylic acids is 1. The summed E-state index contributed by atoms with van der Waals surface area (Å²) >= 11 is 0. The van der Waals surface area contributed by atoms with Crippen molar-refractivity contribution in [3.05, 3.63) is 35.9 Å². The Morgan fingerprint density at radius 2 is 1.86 bits per heavy atom. The van der Waals surface area contributed by atoms with Gasteiger partial charge in [0.15, 0.2) is 0 Å². The first-order chi connectivity index (χ1) is 9.90. The number of rotatable bonds is 7. The quantitative estimate of drug-likeness (QED) is 0.811. The van der Waals surface area contributed by atoms with Crippen molar-refractivity contribution in [3.8, 4) is 0 Å². The standard InChI is InChI=1S/C16H24N2O3/c1-12(2)18(3)16(21)17-14(9-10-15(19)20)11-13-7-5-4-6-8-13/h4-8,12,14H,9-11H2,1-3H3,(H,17,21)(H,19,20). The zero-order chi connectivity index (χ0) is 15.8. The number of carboxylic acid groups (broad SMARTS) is 1. The summed E-state index contributed by atoms with van der Waals surface area (Å²) in [5.74, 6) is -0.848. The molecule has 116 valence electrons. The minimum absolute atomic E-state index is 0.0448. The van der Waals surface area contributed by atoms with E-state index in [0.717, 1.165) is 5.56 Å². The number of aliphatic carboxylic acids is 1. The van der Waals surface area contributed by atoms with E-state index in [0.29, 0.717) is 12.8 Å². The van der Waals surface area contributed by atoms with E-state index in [2.05, 4.69) is 5.32 Å². The number of carbonyl (C=O) groups is 2. The highest BCUT2D eigenvalue weighted by Crippen LogP contribution is 2.09. The van der Waals surface area contributed by atoms with Crippen LogP contribution in [-0.4, -0.2) is 41.1 Å². The van der Waals surface area contributed by atoms with Gasteiger partial charge in [0.1, 0.15) is 0 Å². The van der Waals surface area contributed by atoms with Gasteiger partial charge in [-0.1, -0.05) is 30.3 Å². The van der Waals surface area contributed by atoms with E-state index in [9.17, 15) is 9.59 Å². The van der Waals surface area contributed by atoms with Gasteiger partial charge in [-0.25, -0.2) is 4.79 Å². The lowest BCUT2D eigenvalue weighted by Crippen LogP contribution is -2.46. The molecule has 0 heterocycles. The number of urea groups is 1. The smallest absolute Gasteiger partial charge is 0.317 e. The van der Waals surface area contributed by atoms with Gasteiger partial charge in [-0.15, -0.1) is 0 Å². The molecule has 0 aliphatic rings. The number of nitrogens with one attached hydrogen (secondary N) is 1. The average Bonchev–Trinajstić information content (AvgIpc) is 2.44. The van der Waals surface area contributed by atoms with Crippen molar-refractivity contribution in [2.75, 3.05) is 7.05 Å². The SMILES string of the molecule is CC(C)N(C)C(=O)NC(CCC(=O)O)Cc1ccccc1. The normalized spacial score (nSPS) is 12.0. The maximum absolute atomic E-state index is 12.1. The lowest BCUT2D eigenvalue weighted by atomic mass is 10.0. The van der Waals surface area contributed by atoms with Crippen LogP contribution in [0.2, 0.25) is 0 Å². The van der Waals surface area contributed by atoms with Gasteiger partial charge in [0, 0.05) is 25.6 Å². The van der Waals surface area contributed by atoms with E-state index in [1.807, 2.05) is 44.2 Å². The Morgan fingerprint density at radius 1 is 1.24 bits per heavy atom. The van der Waals surface area contributed by atoms with Crippen LogP contribution in [0, 0.1) is 0 Å². The zero-order valence-corrected chi connectivity index (χ0v) is 12.9. The highest BCUT2D eigenvalue weighted by Gasteiger charge is 2.18.